The fourth-order valence-corrected chi connectivity index (χ4v) is 1.66. The Morgan fingerprint density at radius 3 is 2.17 bits per heavy atom. The Balaban J connectivity index is 2.32. The van der Waals surface area contributed by atoms with Crippen molar-refractivity contribution < 1.29 is 13.5 Å². The lowest BCUT2D eigenvalue weighted by molar-refractivity contribution is 0.414. The van der Waals surface area contributed by atoms with E-state index in [2.05, 4.69) is 15.9 Å². The van der Waals surface area contributed by atoms with Crippen molar-refractivity contribution >= 4 is 15.9 Å². The molecule has 2 aromatic carbocycles. The van der Waals surface area contributed by atoms with Crippen molar-refractivity contribution in [2.24, 2.45) is 0 Å². The zero-order chi connectivity index (χ0) is 13.1. The lowest BCUT2D eigenvalue weighted by Crippen LogP contribution is -1.92. The van der Waals surface area contributed by atoms with Gasteiger partial charge in [0.2, 0.25) is 0 Å². The van der Waals surface area contributed by atoms with Crippen molar-refractivity contribution in [1.82, 2.24) is 0 Å². The van der Waals surface area contributed by atoms with E-state index in [0.717, 1.165) is 6.07 Å². The van der Waals surface area contributed by atoms with E-state index in [0.29, 0.717) is 4.47 Å². The van der Waals surface area contributed by atoms with E-state index in [1.807, 2.05) is 0 Å². The Bertz CT molecular complexity index is 637. The van der Waals surface area contributed by atoms with Crippen LogP contribution >= 0.6 is 15.9 Å². The molecule has 0 saturated heterocycles. The highest BCUT2D eigenvalue weighted by molar-refractivity contribution is 9.10. The average Bonchev–Trinajstić information content (AvgIpc) is 2.34. The third-order valence-electron chi connectivity index (χ3n) is 2.17. The summed E-state index contributed by atoms with van der Waals surface area (Å²) in [5.74, 6) is -1.53. The number of hydrogen-bond acceptors (Lipinski definition) is 2. The van der Waals surface area contributed by atoms with Crippen LogP contribution in [-0.4, -0.2) is 0 Å². The van der Waals surface area contributed by atoms with Crippen LogP contribution in [0.3, 0.4) is 0 Å². The SMILES string of the molecule is N#Cc1ccc(Oc2ccc(Br)cc2F)c(F)c1. The second-order valence-electron chi connectivity index (χ2n) is 3.43. The van der Waals surface area contributed by atoms with Gasteiger partial charge in [-0.15, -0.1) is 0 Å². The molecule has 2 aromatic rings. The average molecular weight is 310 g/mol. The lowest BCUT2D eigenvalue weighted by Gasteiger charge is -2.07. The third-order valence-corrected chi connectivity index (χ3v) is 2.67. The van der Waals surface area contributed by atoms with Crippen LogP contribution in [0.15, 0.2) is 40.9 Å². The van der Waals surface area contributed by atoms with E-state index in [1.165, 1.54) is 24.3 Å². The molecule has 0 amide bonds. The van der Waals surface area contributed by atoms with Gasteiger partial charge in [0.15, 0.2) is 23.1 Å². The Kier molecular flexibility index (Phi) is 3.58. The van der Waals surface area contributed by atoms with Gasteiger partial charge in [-0.3, -0.25) is 0 Å². The second kappa shape index (κ2) is 5.15. The van der Waals surface area contributed by atoms with E-state index < -0.39 is 11.6 Å². The summed E-state index contributed by atoms with van der Waals surface area (Å²) in [4.78, 5) is 0. The highest BCUT2D eigenvalue weighted by Crippen LogP contribution is 2.28. The quantitative estimate of drug-likeness (QED) is 0.824. The molecule has 90 valence electrons. The minimum Gasteiger partial charge on any atom is -0.451 e. The van der Waals surface area contributed by atoms with Crippen LogP contribution in [0.5, 0.6) is 11.5 Å². The molecule has 0 N–H and O–H groups in total. The van der Waals surface area contributed by atoms with Crippen molar-refractivity contribution in [3.63, 3.8) is 0 Å². The highest BCUT2D eigenvalue weighted by atomic mass is 79.9. The molecule has 0 bridgehead atoms. The topological polar surface area (TPSA) is 33.0 Å². The molecule has 0 heterocycles. The van der Waals surface area contributed by atoms with Gasteiger partial charge >= 0.3 is 0 Å². The third kappa shape index (κ3) is 2.66. The van der Waals surface area contributed by atoms with Crippen LogP contribution in [-0.2, 0) is 0 Å². The summed E-state index contributed by atoms with van der Waals surface area (Å²) < 4.78 is 32.7. The summed E-state index contributed by atoms with van der Waals surface area (Å²) in [5.41, 5.74) is 0.177. The predicted octanol–water partition coefficient (Wildman–Crippen LogP) is 4.39. The number of rotatable bonds is 2. The molecule has 0 aliphatic carbocycles. The van der Waals surface area contributed by atoms with Gasteiger partial charge in [-0.2, -0.15) is 5.26 Å². The van der Waals surface area contributed by atoms with Crippen molar-refractivity contribution in [3.05, 3.63) is 58.1 Å². The van der Waals surface area contributed by atoms with Crippen LogP contribution in [0.25, 0.3) is 0 Å². The highest BCUT2D eigenvalue weighted by Gasteiger charge is 2.09. The Labute approximate surface area is 111 Å². The minimum atomic E-state index is -0.712. The van der Waals surface area contributed by atoms with Gasteiger partial charge in [-0.25, -0.2) is 8.78 Å². The van der Waals surface area contributed by atoms with E-state index in [4.69, 9.17) is 10.00 Å². The molecule has 0 atom stereocenters. The van der Waals surface area contributed by atoms with Gasteiger partial charge in [0, 0.05) is 4.47 Å². The first kappa shape index (κ1) is 12.5. The molecular weight excluding hydrogens is 304 g/mol. The summed E-state index contributed by atoms with van der Waals surface area (Å²) in [6.07, 6.45) is 0. The van der Waals surface area contributed by atoms with Crippen LogP contribution in [0, 0.1) is 23.0 Å². The number of hydrogen-bond donors (Lipinski definition) is 0. The number of nitriles is 1. The number of ether oxygens (including phenoxy) is 1. The molecule has 0 aliphatic heterocycles. The van der Waals surface area contributed by atoms with Crippen molar-refractivity contribution in [3.8, 4) is 17.6 Å². The molecular formula is C13H6BrF2NO. The first-order chi connectivity index (χ1) is 8.60. The fraction of sp³-hybridized carbons (Fsp3) is 0. The lowest BCUT2D eigenvalue weighted by atomic mass is 10.2. The molecule has 0 radical (unpaired) electrons. The van der Waals surface area contributed by atoms with Gasteiger partial charge in [0.05, 0.1) is 11.6 Å². The van der Waals surface area contributed by atoms with Gasteiger partial charge in [0.1, 0.15) is 0 Å². The maximum absolute atomic E-state index is 13.5. The molecule has 18 heavy (non-hydrogen) atoms. The smallest absolute Gasteiger partial charge is 0.167 e. The molecule has 0 saturated carbocycles. The molecule has 2 nitrogen and oxygen atoms in total. The maximum Gasteiger partial charge on any atom is 0.167 e. The largest absolute Gasteiger partial charge is 0.451 e. The summed E-state index contributed by atoms with van der Waals surface area (Å²) in [7, 11) is 0. The summed E-state index contributed by atoms with van der Waals surface area (Å²) in [5, 5.41) is 8.59. The van der Waals surface area contributed by atoms with Gasteiger partial charge < -0.3 is 4.74 Å². The van der Waals surface area contributed by atoms with Crippen molar-refractivity contribution in [1.29, 1.82) is 5.26 Å². The first-order valence-corrected chi connectivity index (χ1v) is 5.72. The first-order valence-electron chi connectivity index (χ1n) is 4.92. The van der Waals surface area contributed by atoms with E-state index >= 15 is 0 Å². The van der Waals surface area contributed by atoms with Gasteiger partial charge in [0.25, 0.3) is 0 Å². The van der Waals surface area contributed by atoms with Crippen LogP contribution < -0.4 is 4.74 Å². The van der Waals surface area contributed by atoms with Gasteiger partial charge in [-0.1, -0.05) is 15.9 Å². The normalized spacial score (nSPS) is 9.89. The molecule has 0 unspecified atom stereocenters. The second-order valence-corrected chi connectivity index (χ2v) is 4.35. The number of nitrogens with zero attached hydrogens (tertiary/aromatic N) is 1. The number of halogens is 3. The summed E-state index contributed by atoms with van der Waals surface area (Å²) in [6, 6.07) is 9.71. The van der Waals surface area contributed by atoms with E-state index in [1.54, 1.807) is 12.1 Å². The van der Waals surface area contributed by atoms with Crippen LogP contribution in [0.2, 0.25) is 0 Å². The van der Waals surface area contributed by atoms with Gasteiger partial charge in [-0.05, 0) is 36.4 Å². The van der Waals surface area contributed by atoms with Crippen LogP contribution in [0.1, 0.15) is 5.56 Å². The molecule has 2 rings (SSSR count). The summed E-state index contributed by atoms with van der Waals surface area (Å²) in [6.45, 7) is 0. The molecule has 0 aliphatic rings. The Morgan fingerprint density at radius 1 is 1.00 bits per heavy atom. The maximum atomic E-state index is 13.5. The van der Waals surface area contributed by atoms with E-state index in [9.17, 15) is 8.78 Å². The van der Waals surface area contributed by atoms with Crippen molar-refractivity contribution in [2.75, 3.05) is 0 Å². The predicted molar refractivity (Wildman–Crippen MR) is 65.3 cm³/mol. The summed E-state index contributed by atoms with van der Waals surface area (Å²) >= 11 is 3.11. The zero-order valence-corrected chi connectivity index (χ0v) is 10.5. The molecule has 0 fully saturated rings. The standard InChI is InChI=1S/C13H6BrF2NO/c14-9-2-4-13(11(16)6-9)18-12-3-1-8(7-17)5-10(12)15/h1-6H. The minimum absolute atomic E-state index is 0.0817. The molecule has 0 spiro atoms. The fourth-order valence-electron chi connectivity index (χ4n) is 1.33. The monoisotopic (exact) mass is 309 g/mol. The van der Waals surface area contributed by atoms with Crippen molar-refractivity contribution in [2.45, 2.75) is 0 Å². The zero-order valence-electron chi connectivity index (χ0n) is 8.95. The molecule has 0 aromatic heterocycles. The molecule has 5 heteroatoms. The Hall–Kier alpha value is -1.93. The van der Waals surface area contributed by atoms with Crippen LogP contribution in [0.4, 0.5) is 8.78 Å². The Morgan fingerprint density at radius 2 is 1.61 bits per heavy atom. The van der Waals surface area contributed by atoms with E-state index in [-0.39, 0.29) is 17.1 Å². The number of benzene rings is 2.